The van der Waals surface area contributed by atoms with Crippen LogP contribution in [0.2, 0.25) is 0 Å². The molecule has 0 saturated heterocycles. The highest BCUT2D eigenvalue weighted by molar-refractivity contribution is 5.88. The zero-order valence-corrected chi connectivity index (χ0v) is 17.9. The lowest BCUT2D eigenvalue weighted by Gasteiger charge is -2.18. The van der Waals surface area contributed by atoms with E-state index in [4.69, 9.17) is 25.2 Å². The van der Waals surface area contributed by atoms with Crippen LogP contribution in [0, 0.1) is 0 Å². The molecule has 2 aromatic rings. The number of fused-ring (bicyclic) bond motifs is 1. The summed E-state index contributed by atoms with van der Waals surface area (Å²) in [6.45, 7) is 4.95. The van der Waals surface area contributed by atoms with E-state index in [1.54, 1.807) is 0 Å². The molecule has 0 saturated carbocycles. The summed E-state index contributed by atoms with van der Waals surface area (Å²) in [7, 11) is 0. The molecular formula is C22H29NO9. The van der Waals surface area contributed by atoms with Crippen LogP contribution in [0.4, 0.5) is 0 Å². The van der Waals surface area contributed by atoms with Crippen LogP contribution in [0.5, 0.6) is 5.75 Å². The number of benzene rings is 2. The minimum Gasteiger partial charge on any atom is -0.490 e. The van der Waals surface area contributed by atoms with Crippen molar-refractivity contribution in [3.63, 3.8) is 0 Å². The number of aliphatic hydroxyl groups excluding tert-OH is 1. The van der Waals surface area contributed by atoms with E-state index in [0.717, 1.165) is 16.5 Å². The van der Waals surface area contributed by atoms with Crippen molar-refractivity contribution in [2.45, 2.75) is 44.4 Å². The lowest BCUT2D eigenvalue weighted by molar-refractivity contribution is -0.170. The van der Waals surface area contributed by atoms with Crippen molar-refractivity contribution in [3.8, 4) is 5.75 Å². The lowest BCUT2D eigenvalue weighted by Crippen LogP contribution is -2.42. The molecule has 10 heteroatoms. The molecule has 0 heterocycles. The Kier molecular flexibility index (Phi) is 10.6. The molecule has 0 aliphatic heterocycles. The van der Waals surface area contributed by atoms with Gasteiger partial charge in [-0.1, -0.05) is 50.2 Å². The van der Waals surface area contributed by atoms with E-state index in [9.17, 15) is 19.5 Å². The van der Waals surface area contributed by atoms with E-state index in [1.165, 1.54) is 0 Å². The van der Waals surface area contributed by atoms with Crippen LogP contribution in [0.3, 0.4) is 0 Å². The van der Waals surface area contributed by atoms with Gasteiger partial charge in [0.2, 0.25) is 0 Å². The molecule has 1 unspecified atom stereocenters. The number of carboxylic acid groups (broad SMARTS) is 3. The van der Waals surface area contributed by atoms with Crippen molar-refractivity contribution in [2.24, 2.45) is 0 Å². The van der Waals surface area contributed by atoms with Crippen molar-refractivity contribution in [2.75, 3.05) is 13.2 Å². The normalized spacial score (nSPS) is 12.0. The van der Waals surface area contributed by atoms with Crippen LogP contribution in [-0.2, 0) is 14.4 Å². The number of hydrogen-bond donors (Lipinski definition) is 6. The Morgan fingerprint density at radius 3 is 2.06 bits per heavy atom. The van der Waals surface area contributed by atoms with Gasteiger partial charge in [0, 0.05) is 18.0 Å². The molecular weight excluding hydrogens is 422 g/mol. The Hall–Kier alpha value is -3.21. The van der Waals surface area contributed by atoms with E-state index in [1.807, 2.05) is 30.3 Å². The molecule has 0 radical (unpaired) electrons. The fourth-order valence-corrected chi connectivity index (χ4v) is 2.65. The minimum atomic E-state index is -2.74. The molecule has 1 atom stereocenters. The van der Waals surface area contributed by atoms with Gasteiger partial charge in [0.15, 0.2) is 5.60 Å². The quantitative estimate of drug-likeness (QED) is 0.292. The summed E-state index contributed by atoms with van der Waals surface area (Å²) in [6.07, 6.45) is -2.79. The largest absolute Gasteiger partial charge is 0.490 e. The third-order valence-corrected chi connectivity index (χ3v) is 4.23. The Bertz CT molecular complexity index is 892. The van der Waals surface area contributed by atoms with E-state index < -0.39 is 42.5 Å². The first kappa shape index (κ1) is 26.8. The topological polar surface area (TPSA) is 174 Å². The maximum absolute atomic E-state index is 10.3. The maximum atomic E-state index is 10.3. The van der Waals surface area contributed by atoms with Gasteiger partial charge < -0.3 is 35.6 Å². The smallest absolute Gasteiger partial charge is 0.336 e. The average molecular weight is 451 g/mol. The van der Waals surface area contributed by atoms with Crippen molar-refractivity contribution in [1.82, 2.24) is 5.32 Å². The highest BCUT2D eigenvalue weighted by Gasteiger charge is 2.40. The van der Waals surface area contributed by atoms with Crippen molar-refractivity contribution >= 4 is 28.7 Å². The summed E-state index contributed by atoms with van der Waals surface area (Å²) in [5, 5.41) is 49.1. The fraction of sp³-hybridized carbons (Fsp3) is 0.409. The van der Waals surface area contributed by atoms with Gasteiger partial charge in [0.25, 0.3) is 0 Å². The van der Waals surface area contributed by atoms with Crippen molar-refractivity contribution in [1.29, 1.82) is 0 Å². The Labute approximate surface area is 185 Å². The first-order chi connectivity index (χ1) is 14.9. The summed E-state index contributed by atoms with van der Waals surface area (Å²) < 4.78 is 5.72. The second kappa shape index (κ2) is 12.6. The van der Waals surface area contributed by atoms with Crippen LogP contribution >= 0.6 is 0 Å². The second-order valence-corrected chi connectivity index (χ2v) is 7.48. The molecule has 0 bridgehead atoms. The van der Waals surface area contributed by atoms with Gasteiger partial charge in [-0.25, -0.2) is 4.79 Å². The molecule has 0 aromatic heterocycles. The maximum Gasteiger partial charge on any atom is 0.336 e. The summed E-state index contributed by atoms with van der Waals surface area (Å²) in [4.78, 5) is 30.5. The number of carboxylic acids is 3. The average Bonchev–Trinajstić information content (AvgIpc) is 2.69. The zero-order valence-electron chi connectivity index (χ0n) is 17.9. The number of aliphatic carboxylic acids is 3. The number of carbonyl (C=O) groups is 3. The van der Waals surface area contributed by atoms with Crippen LogP contribution < -0.4 is 10.1 Å². The number of hydrogen-bond acceptors (Lipinski definition) is 7. The van der Waals surface area contributed by atoms with Crippen LogP contribution in [-0.4, -0.2) is 74.3 Å². The molecule has 176 valence electrons. The molecule has 6 N–H and O–H groups in total. The second-order valence-electron chi connectivity index (χ2n) is 7.48. The van der Waals surface area contributed by atoms with Crippen LogP contribution in [0.25, 0.3) is 10.8 Å². The summed E-state index contributed by atoms with van der Waals surface area (Å²) in [5.74, 6) is -4.20. The van der Waals surface area contributed by atoms with E-state index >= 15 is 0 Å². The lowest BCUT2D eigenvalue weighted by atomic mass is 9.96. The molecule has 10 nitrogen and oxygen atoms in total. The molecule has 0 fully saturated rings. The minimum absolute atomic E-state index is 0.299. The standard InChI is InChI=1S/C16H21NO2.C6H8O7/c1-12(2)17-10-14(18)11-19-16-9-5-7-13-6-3-4-8-15(13)16;7-3(8)1-6(13,5(11)12)2-4(9)10/h3-9,12,14,17-18H,10-11H2,1-2H3;13H,1-2H2,(H,7,8)(H,9,10)(H,11,12). The fourth-order valence-electron chi connectivity index (χ4n) is 2.65. The first-order valence-electron chi connectivity index (χ1n) is 9.86. The third-order valence-electron chi connectivity index (χ3n) is 4.23. The Balaban J connectivity index is 0.000000347. The number of nitrogens with one attached hydrogen (secondary N) is 1. The summed E-state index contributed by atoms with van der Waals surface area (Å²) >= 11 is 0. The zero-order chi connectivity index (χ0) is 24.3. The monoisotopic (exact) mass is 451 g/mol. The third kappa shape index (κ3) is 9.29. The molecule has 2 aromatic carbocycles. The van der Waals surface area contributed by atoms with Crippen LogP contribution in [0.15, 0.2) is 42.5 Å². The van der Waals surface area contributed by atoms with Crippen LogP contribution in [0.1, 0.15) is 26.7 Å². The Morgan fingerprint density at radius 2 is 1.53 bits per heavy atom. The number of ether oxygens (including phenoxy) is 1. The molecule has 0 spiro atoms. The summed E-state index contributed by atoms with van der Waals surface area (Å²) in [5.41, 5.74) is -2.74. The summed E-state index contributed by atoms with van der Waals surface area (Å²) in [6, 6.07) is 14.4. The van der Waals surface area contributed by atoms with Gasteiger partial charge in [0.1, 0.15) is 18.5 Å². The SMILES string of the molecule is CC(C)NCC(O)COc1cccc2ccccc12.O=C(O)CC(O)(CC(=O)O)C(=O)O. The van der Waals surface area contributed by atoms with E-state index in [2.05, 4.69) is 31.3 Å². The molecule has 0 aliphatic carbocycles. The first-order valence-corrected chi connectivity index (χ1v) is 9.86. The predicted molar refractivity (Wildman–Crippen MR) is 116 cm³/mol. The number of rotatable bonds is 11. The molecule has 0 aliphatic rings. The predicted octanol–water partition coefficient (Wildman–Crippen LogP) is 1.33. The molecule has 0 amide bonds. The van der Waals surface area contributed by atoms with Gasteiger partial charge in [0.05, 0.1) is 12.8 Å². The van der Waals surface area contributed by atoms with E-state index in [-0.39, 0.29) is 0 Å². The van der Waals surface area contributed by atoms with Crippen molar-refractivity contribution < 1.29 is 44.7 Å². The molecule has 2 rings (SSSR count). The van der Waals surface area contributed by atoms with Gasteiger partial charge >= 0.3 is 17.9 Å². The molecule has 32 heavy (non-hydrogen) atoms. The Morgan fingerprint density at radius 1 is 0.969 bits per heavy atom. The highest BCUT2D eigenvalue weighted by Crippen LogP contribution is 2.25. The van der Waals surface area contributed by atoms with Crippen molar-refractivity contribution in [3.05, 3.63) is 42.5 Å². The van der Waals surface area contributed by atoms with Gasteiger partial charge in [-0.2, -0.15) is 0 Å². The van der Waals surface area contributed by atoms with Gasteiger partial charge in [-0.15, -0.1) is 0 Å². The van der Waals surface area contributed by atoms with Gasteiger partial charge in [-0.05, 0) is 11.5 Å². The highest BCUT2D eigenvalue weighted by atomic mass is 16.5. The van der Waals surface area contributed by atoms with E-state index in [0.29, 0.717) is 19.2 Å². The van der Waals surface area contributed by atoms with Gasteiger partial charge in [-0.3, -0.25) is 9.59 Å². The number of aliphatic hydroxyl groups is 2.